The van der Waals surface area contributed by atoms with Crippen LogP contribution in [0.1, 0.15) is 26.7 Å². The molecule has 0 aliphatic carbocycles. The molecule has 0 spiro atoms. The summed E-state index contributed by atoms with van der Waals surface area (Å²) in [6.45, 7) is 9.40. The zero-order valence-electron chi connectivity index (χ0n) is 9.95. The highest BCUT2D eigenvalue weighted by molar-refractivity contribution is 5.57. The van der Waals surface area contributed by atoms with Crippen LogP contribution in [0.4, 0.5) is 0 Å². The summed E-state index contributed by atoms with van der Waals surface area (Å²) < 4.78 is 0. The van der Waals surface area contributed by atoms with Crippen LogP contribution in [-0.4, -0.2) is 43.5 Å². The minimum atomic E-state index is 0.566. The first-order chi connectivity index (χ1) is 7.25. The number of aliphatic imine (C=N–C) groups is 1. The van der Waals surface area contributed by atoms with E-state index in [1.165, 1.54) is 32.5 Å². The largest absolute Gasteiger partial charge is 0.371 e. The minimum Gasteiger partial charge on any atom is -0.371 e. The van der Waals surface area contributed by atoms with Crippen LogP contribution in [0, 0.1) is 11.8 Å². The first-order valence-corrected chi connectivity index (χ1v) is 6.22. The maximum Gasteiger partial charge on any atom is 0.0827 e. The molecule has 0 saturated carbocycles. The van der Waals surface area contributed by atoms with Gasteiger partial charge in [0.25, 0.3) is 0 Å². The lowest BCUT2D eigenvalue weighted by molar-refractivity contribution is 0.138. The topological polar surface area (TPSA) is 27.6 Å². The van der Waals surface area contributed by atoms with Gasteiger partial charge < -0.3 is 10.2 Å². The highest BCUT2D eigenvalue weighted by atomic mass is 15.2. The van der Waals surface area contributed by atoms with Crippen molar-refractivity contribution in [2.75, 3.05) is 26.2 Å². The standard InChI is InChI=1S/C12H23N3/c1-10(2)11-4-3-5-15(7-11)8-12-6-13-9-14-12/h9-12H,3-8H2,1-2H3,(H,13,14)/t11-,12?/m1/s1. The van der Waals surface area contributed by atoms with Crippen molar-refractivity contribution < 1.29 is 0 Å². The lowest BCUT2D eigenvalue weighted by Gasteiger charge is -2.35. The second-order valence-electron chi connectivity index (χ2n) is 5.26. The Bertz CT molecular complexity index is 215. The van der Waals surface area contributed by atoms with Crippen LogP contribution in [0.3, 0.4) is 0 Å². The van der Waals surface area contributed by atoms with Crippen LogP contribution in [0.5, 0.6) is 0 Å². The van der Waals surface area contributed by atoms with Gasteiger partial charge in [-0.1, -0.05) is 13.8 Å². The molecule has 86 valence electrons. The zero-order valence-corrected chi connectivity index (χ0v) is 9.95. The lowest BCUT2D eigenvalue weighted by Crippen LogP contribution is -2.45. The molecule has 1 fully saturated rings. The monoisotopic (exact) mass is 209 g/mol. The number of piperidine rings is 1. The molecule has 1 N–H and O–H groups in total. The summed E-state index contributed by atoms with van der Waals surface area (Å²) in [4.78, 5) is 6.83. The number of likely N-dealkylation sites (tertiary alicyclic amines) is 1. The van der Waals surface area contributed by atoms with Gasteiger partial charge in [-0.2, -0.15) is 0 Å². The predicted molar refractivity (Wildman–Crippen MR) is 64.3 cm³/mol. The Hall–Kier alpha value is -0.570. The maximum absolute atomic E-state index is 4.22. The first-order valence-electron chi connectivity index (χ1n) is 6.22. The first kappa shape index (κ1) is 10.9. The van der Waals surface area contributed by atoms with E-state index in [0.717, 1.165) is 18.4 Å². The fourth-order valence-corrected chi connectivity index (χ4v) is 2.61. The van der Waals surface area contributed by atoms with E-state index >= 15 is 0 Å². The Morgan fingerprint density at radius 2 is 2.40 bits per heavy atom. The Kier molecular flexibility index (Phi) is 3.62. The second kappa shape index (κ2) is 4.97. The molecule has 0 aromatic carbocycles. The second-order valence-corrected chi connectivity index (χ2v) is 5.26. The van der Waals surface area contributed by atoms with Crippen LogP contribution in [0.25, 0.3) is 0 Å². The van der Waals surface area contributed by atoms with Gasteiger partial charge >= 0.3 is 0 Å². The molecule has 0 bridgehead atoms. The highest BCUT2D eigenvalue weighted by Crippen LogP contribution is 2.23. The molecule has 1 unspecified atom stereocenters. The van der Waals surface area contributed by atoms with E-state index in [1.807, 2.05) is 6.34 Å². The maximum atomic E-state index is 4.22. The van der Waals surface area contributed by atoms with Crippen molar-refractivity contribution in [3.05, 3.63) is 0 Å². The van der Waals surface area contributed by atoms with E-state index in [2.05, 4.69) is 29.1 Å². The highest BCUT2D eigenvalue weighted by Gasteiger charge is 2.24. The molecular weight excluding hydrogens is 186 g/mol. The molecule has 2 rings (SSSR count). The molecule has 0 amide bonds. The Morgan fingerprint density at radius 3 is 3.07 bits per heavy atom. The van der Waals surface area contributed by atoms with Crippen LogP contribution in [-0.2, 0) is 0 Å². The fraction of sp³-hybridized carbons (Fsp3) is 0.917. The van der Waals surface area contributed by atoms with E-state index in [0.29, 0.717) is 6.04 Å². The number of nitrogens with one attached hydrogen (secondary N) is 1. The quantitative estimate of drug-likeness (QED) is 0.760. The van der Waals surface area contributed by atoms with Crippen LogP contribution >= 0.6 is 0 Å². The van der Waals surface area contributed by atoms with Gasteiger partial charge in [0.1, 0.15) is 0 Å². The van der Waals surface area contributed by atoms with Crippen molar-refractivity contribution in [3.8, 4) is 0 Å². The van der Waals surface area contributed by atoms with E-state index in [9.17, 15) is 0 Å². The lowest BCUT2D eigenvalue weighted by atomic mass is 9.88. The number of hydrogen-bond acceptors (Lipinski definition) is 3. The molecule has 2 aliphatic heterocycles. The molecular formula is C12H23N3. The SMILES string of the molecule is CC(C)[C@@H]1CCCN(CC2CN=CN2)C1. The number of rotatable bonds is 3. The summed E-state index contributed by atoms with van der Waals surface area (Å²) in [5.41, 5.74) is 0. The molecule has 0 radical (unpaired) electrons. The van der Waals surface area contributed by atoms with Crippen molar-refractivity contribution in [2.45, 2.75) is 32.7 Å². The van der Waals surface area contributed by atoms with Gasteiger partial charge in [0, 0.05) is 13.1 Å². The molecule has 2 atom stereocenters. The van der Waals surface area contributed by atoms with Gasteiger partial charge in [-0.25, -0.2) is 0 Å². The van der Waals surface area contributed by atoms with Gasteiger partial charge in [-0.05, 0) is 31.2 Å². The molecule has 2 heterocycles. The molecule has 15 heavy (non-hydrogen) atoms. The average molecular weight is 209 g/mol. The Morgan fingerprint density at radius 1 is 1.53 bits per heavy atom. The zero-order chi connectivity index (χ0) is 10.7. The van der Waals surface area contributed by atoms with Crippen LogP contribution < -0.4 is 5.32 Å². The molecule has 3 nitrogen and oxygen atoms in total. The van der Waals surface area contributed by atoms with Crippen molar-refractivity contribution in [1.29, 1.82) is 0 Å². The van der Waals surface area contributed by atoms with Gasteiger partial charge in [0.2, 0.25) is 0 Å². The van der Waals surface area contributed by atoms with Gasteiger partial charge in [0.15, 0.2) is 0 Å². The van der Waals surface area contributed by atoms with E-state index in [1.54, 1.807) is 0 Å². The molecule has 0 aromatic rings. The van der Waals surface area contributed by atoms with Gasteiger partial charge in [-0.15, -0.1) is 0 Å². The van der Waals surface area contributed by atoms with Crippen LogP contribution in [0.15, 0.2) is 4.99 Å². The minimum absolute atomic E-state index is 0.566. The molecule has 2 aliphatic rings. The molecule has 0 aromatic heterocycles. The smallest absolute Gasteiger partial charge is 0.0827 e. The summed E-state index contributed by atoms with van der Waals surface area (Å²) in [6.07, 6.45) is 4.65. The van der Waals surface area contributed by atoms with E-state index in [4.69, 9.17) is 0 Å². The van der Waals surface area contributed by atoms with Crippen LogP contribution in [0.2, 0.25) is 0 Å². The third-order valence-corrected chi connectivity index (χ3v) is 3.69. The Balaban J connectivity index is 1.77. The normalized spacial score (nSPS) is 32.2. The predicted octanol–water partition coefficient (Wildman–Crippen LogP) is 1.35. The third-order valence-electron chi connectivity index (χ3n) is 3.69. The van der Waals surface area contributed by atoms with Crippen molar-refractivity contribution in [1.82, 2.24) is 10.2 Å². The van der Waals surface area contributed by atoms with Gasteiger partial charge in [0.05, 0.1) is 18.9 Å². The van der Waals surface area contributed by atoms with Crippen molar-refractivity contribution in [2.24, 2.45) is 16.8 Å². The Labute approximate surface area is 92.9 Å². The molecule has 3 heteroatoms. The number of hydrogen-bond donors (Lipinski definition) is 1. The van der Waals surface area contributed by atoms with E-state index in [-0.39, 0.29) is 0 Å². The average Bonchev–Trinajstić information content (AvgIpc) is 2.71. The summed E-state index contributed by atoms with van der Waals surface area (Å²) in [7, 11) is 0. The molecule has 1 saturated heterocycles. The summed E-state index contributed by atoms with van der Waals surface area (Å²) >= 11 is 0. The van der Waals surface area contributed by atoms with Gasteiger partial charge in [-0.3, -0.25) is 4.99 Å². The van der Waals surface area contributed by atoms with Crippen molar-refractivity contribution in [3.63, 3.8) is 0 Å². The third kappa shape index (κ3) is 2.94. The van der Waals surface area contributed by atoms with E-state index < -0.39 is 0 Å². The summed E-state index contributed by atoms with van der Waals surface area (Å²) in [6, 6.07) is 0.566. The number of nitrogens with zero attached hydrogens (tertiary/aromatic N) is 2. The fourth-order valence-electron chi connectivity index (χ4n) is 2.61. The summed E-state index contributed by atoms with van der Waals surface area (Å²) in [5, 5.41) is 3.31. The summed E-state index contributed by atoms with van der Waals surface area (Å²) in [5.74, 6) is 1.74. The van der Waals surface area contributed by atoms with Crippen molar-refractivity contribution >= 4 is 6.34 Å².